The third kappa shape index (κ3) is 2.17. The first-order valence-electron chi connectivity index (χ1n) is 5.80. The van der Waals surface area contributed by atoms with Crippen molar-refractivity contribution >= 4 is 0 Å². The Bertz CT molecular complexity index is 337. The third-order valence-corrected chi connectivity index (χ3v) is 2.89. The highest BCUT2D eigenvalue weighted by Crippen LogP contribution is 2.47. The molecule has 15 heavy (non-hydrogen) atoms. The van der Waals surface area contributed by atoms with Crippen LogP contribution in [0.1, 0.15) is 50.7 Å². The summed E-state index contributed by atoms with van der Waals surface area (Å²) in [4.78, 5) is 0. The molecule has 1 aromatic rings. The van der Waals surface area contributed by atoms with Crippen LogP contribution in [-0.4, -0.2) is 6.61 Å². The zero-order valence-electron chi connectivity index (χ0n) is 9.84. The predicted octanol–water partition coefficient (Wildman–Crippen LogP) is 3.93. The fourth-order valence-electron chi connectivity index (χ4n) is 2.05. The Balaban J connectivity index is 2.40. The van der Waals surface area contributed by atoms with Crippen molar-refractivity contribution in [2.24, 2.45) is 0 Å². The van der Waals surface area contributed by atoms with Gasteiger partial charge in [-0.3, -0.25) is 0 Å². The van der Waals surface area contributed by atoms with Gasteiger partial charge in [0.05, 0.1) is 6.61 Å². The van der Waals surface area contributed by atoms with E-state index in [9.17, 15) is 0 Å². The summed E-state index contributed by atoms with van der Waals surface area (Å²) in [6, 6.07) is 6.41. The third-order valence-electron chi connectivity index (χ3n) is 2.89. The summed E-state index contributed by atoms with van der Waals surface area (Å²) >= 11 is 0. The van der Waals surface area contributed by atoms with E-state index in [0.717, 1.165) is 18.3 Å². The molecule has 1 aliphatic carbocycles. The summed E-state index contributed by atoms with van der Waals surface area (Å²) in [5, 5.41) is 0. The van der Waals surface area contributed by atoms with Crippen molar-refractivity contribution in [3.8, 4) is 5.75 Å². The lowest BCUT2D eigenvalue weighted by atomic mass is 9.93. The van der Waals surface area contributed by atoms with Gasteiger partial charge >= 0.3 is 0 Å². The number of rotatable bonds is 4. The van der Waals surface area contributed by atoms with Crippen LogP contribution in [-0.2, 0) is 0 Å². The molecule has 0 bridgehead atoms. The van der Waals surface area contributed by atoms with E-state index in [4.69, 9.17) is 4.74 Å². The van der Waals surface area contributed by atoms with Gasteiger partial charge in [-0.05, 0) is 43.2 Å². The molecule has 81 valence electrons. The molecule has 1 radical (unpaired) electrons. The normalized spacial score (nSPS) is 15.7. The van der Waals surface area contributed by atoms with E-state index in [1.165, 1.54) is 29.9 Å². The van der Waals surface area contributed by atoms with E-state index < -0.39 is 0 Å². The van der Waals surface area contributed by atoms with Gasteiger partial charge in [-0.1, -0.05) is 26.0 Å². The van der Waals surface area contributed by atoms with Crippen LogP contribution in [0, 0.1) is 5.92 Å². The molecule has 0 atom stereocenters. The molecular weight excluding hydrogens is 184 g/mol. The van der Waals surface area contributed by atoms with E-state index in [-0.39, 0.29) is 0 Å². The predicted molar refractivity (Wildman–Crippen MR) is 63.3 cm³/mol. The van der Waals surface area contributed by atoms with E-state index in [1.807, 2.05) is 6.92 Å². The topological polar surface area (TPSA) is 9.23 Å². The maximum Gasteiger partial charge on any atom is 0.123 e. The Kier molecular flexibility index (Phi) is 2.99. The van der Waals surface area contributed by atoms with Crippen LogP contribution in [0.25, 0.3) is 0 Å². The fourth-order valence-corrected chi connectivity index (χ4v) is 2.05. The minimum absolute atomic E-state index is 0.748. The molecule has 1 aromatic carbocycles. The fraction of sp³-hybridized carbons (Fsp3) is 0.500. The van der Waals surface area contributed by atoms with Crippen LogP contribution < -0.4 is 4.74 Å². The van der Waals surface area contributed by atoms with E-state index in [0.29, 0.717) is 0 Å². The average molecular weight is 203 g/mol. The Hall–Kier alpha value is -0.980. The summed E-state index contributed by atoms with van der Waals surface area (Å²) in [7, 11) is 0. The van der Waals surface area contributed by atoms with Gasteiger partial charge in [0.2, 0.25) is 0 Å². The molecule has 1 fully saturated rings. The molecular formula is C14H19O. The quantitative estimate of drug-likeness (QED) is 0.720. The molecule has 1 nitrogen and oxygen atoms in total. The molecule has 0 amide bonds. The minimum Gasteiger partial charge on any atom is -0.494 e. The molecule has 1 aliphatic rings. The molecule has 1 saturated carbocycles. The van der Waals surface area contributed by atoms with Gasteiger partial charge in [0.15, 0.2) is 0 Å². The molecule has 0 saturated heterocycles. The van der Waals surface area contributed by atoms with Crippen LogP contribution in [0.2, 0.25) is 0 Å². The van der Waals surface area contributed by atoms with Gasteiger partial charge in [-0.25, -0.2) is 0 Å². The van der Waals surface area contributed by atoms with Crippen molar-refractivity contribution in [3.05, 3.63) is 35.2 Å². The van der Waals surface area contributed by atoms with E-state index >= 15 is 0 Å². The van der Waals surface area contributed by atoms with Crippen molar-refractivity contribution in [3.63, 3.8) is 0 Å². The van der Waals surface area contributed by atoms with Crippen LogP contribution in [0.15, 0.2) is 18.2 Å². The largest absolute Gasteiger partial charge is 0.494 e. The Morgan fingerprint density at radius 3 is 2.60 bits per heavy atom. The summed E-state index contributed by atoms with van der Waals surface area (Å²) in [6.45, 7) is 7.16. The van der Waals surface area contributed by atoms with Crippen LogP contribution in [0.4, 0.5) is 0 Å². The molecule has 0 aromatic heterocycles. The van der Waals surface area contributed by atoms with Gasteiger partial charge in [0, 0.05) is 5.56 Å². The molecule has 0 heterocycles. The molecule has 0 spiro atoms. The summed E-state index contributed by atoms with van der Waals surface area (Å²) in [5.74, 6) is 3.23. The molecule has 0 N–H and O–H groups in total. The second kappa shape index (κ2) is 4.26. The monoisotopic (exact) mass is 203 g/mol. The maximum atomic E-state index is 5.72. The minimum atomic E-state index is 0.748. The molecule has 0 aliphatic heterocycles. The number of hydrogen-bond acceptors (Lipinski definition) is 1. The highest BCUT2D eigenvalue weighted by Gasteiger charge is 2.29. The zero-order chi connectivity index (χ0) is 10.8. The summed E-state index contributed by atoms with van der Waals surface area (Å²) in [6.07, 6.45) is 2.65. The first kappa shape index (κ1) is 10.5. The lowest BCUT2D eigenvalue weighted by molar-refractivity contribution is 0.336. The standard InChI is InChI=1S/C14H19O/c1-4-15-13-7-5-6-12(10(2)3)14(13)11-8-9-11/h5-7,11H,4,8-9H2,1-3H3. The first-order valence-corrected chi connectivity index (χ1v) is 5.80. The number of ether oxygens (including phenoxy) is 1. The van der Waals surface area contributed by atoms with Crippen molar-refractivity contribution in [1.82, 2.24) is 0 Å². The van der Waals surface area contributed by atoms with Crippen LogP contribution in [0.5, 0.6) is 5.75 Å². The molecule has 2 rings (SSSR count). The SMILES string of the molecule is CCOc1cccc([C](C)C)c1C1CC1. The van der Waals surface area contributed by atoms with Crippen molar-refractivity contribution < 1.29 is 4.74 Å². The maximum absolute atomic E-state index is 5.72. The average Bonchev–Trinajstić information content (AvgIpc) is 3.01. The highest BCUT2D eigenvalue weighted by molar-refractivity contribution is 5.49. The van der Waals surface area contributed by atoms with Crippen molar-refractivity contribution in [2.75, 3.05) is 6.61 Å². The first-order chi connectivity index (χ1) is 7.24. The van der Waals surface area contributed by atoms with Gasteiger partial charge in [-0.2, -0.15) is 0 Å². The van der Waals surface area contributed by atoms with E-state index in [2.05, 4.69) is 32.0 Å². The van der Waals surface area contributed by atoms with Gasteiger partial charge in [0.25, 0.3) is 0 Å². The molecule has 0 unspecified atom stereocenters. The van der Waals surface area contributed by atoms with Gasteiger partial charge in [-0.15, -0.1) is 0 Å². The highest BCUT2D eigenvalue weighted by atomic mass is 16.5. The lowest BCUT2D eigenvalue weighted by Crippen LogP contribution is -2.01. The second-order valence-corrected chi connectivity index (χ2v) is 4.42. The van der Waals surface area contributed by atoms with Crippen molar-refractivity contribution in [2.45, 2.75) is 39.5 Å². The smallest absolute Gasteiger partial charge is 0.123 e. The van der Waals surface area contributed by atoms with E-state index in [1.54, 1.807) is 0 Å². The second-order valence-electron chi connectivity index (χ2n) is 4.42. The Morgan fingerprint density at radius 1 is 1.33 bits per heavy atom. The zero-order valence-corrected chi connectivity index (χ0v) is 9.84. The summed E-state index contributed by atoms with van der Waals surface area (Å²) in [5.41, 5.74) is 2.84. The van der Waals surface area contributed by atoms with Crippen molar-refractivity contribution in [1.29, 1.82) is 0 Å². The van der Waals surface area contributed by atoms with Crippen LogP contribution >= 0.6 is 0 Å². The Morgan fingerprint density at radius 2 is 2.07 bits per heavy atom. The lowest BCUT2D eigenvalue weighted by Gasteiger charge is -2.16. The number of benzene rings is 1. The number of hydrogen-bond donors (Lipinski definition) is 0. The summed E-state index contributed by atoms with van der Waals surface area (Å²) < 4.78 is 5.72. The van der Waals surface area contributed by atoms with Crippen LogP contribution in [0.3, 0.4) is 0 Å². The van der Waals surface area contributed by atoms with Gasteiger partial charge < -0.3 is 4.74 Å². The Labute approximate surface area is 92.5 Å². The molecule has 1 heteroatoms. The van der Waals surface area contributed by atoms with Gasteiger partial charge in [0.1, 0.15) is 5.75 Å².